The van der Waals surface area contributed by atoms with Gasteiger partial charge in [0.15, 0.2) is 0 Å². The van der Waals surface area contributed by atoms with Crippen molar-refractivity contribution in [3.05, 3.63) is 28.3 Å². The van der Waals surface area contributed by atoms with Crippen LogP contribution in [0.3, 0.4) is 0 Å². The summed E-state index contributed by atoms with van der Waals surface area (Å²) >= 11 is 0. The van der Waals surface area contributed by atoms with Crippen molar-refractivity contribution in [3.63, 3.8) is 0 Å². The number of benzene rings is 1. The molecule has 1 heterocycles. The summed E-state index contributed by atoms with van der Waals surface area (Å²) in [4.78, 5) is 14.8. The lowest BCUT2D eigenvalue weighted by molar-refractivity contribution is -0.383. The SMILES string of the molecule is CN1CCN(c2ccc(N)c([N+](=O)[O-])c2)CC1. The predicted molar refractivity (Wildman–Crippen MR) is 67.2 cm³/mol. The summed E-state index contributed by atoms with van der Waals surface area (Å²) in [5.41, 5.74) is 6.65. The second kappa shape index (κ2) is 4.58. The van der Waals surface area contributed by atoms with Crippen LogP contribution < -0.4 is 10.6 Å². The first-order valence-corrected chi connectivity index (χ1v) is 5.55. The Labute approximate surface area is 99.8 Å². The maximum atomic E-state index is 10.8. The van der Waals surface area contributed by atoms with Gasteiger partial charge in [0.2, 0.25) is 0 Å². The molecule has 1 fully saturated rings. The van der Waals surface area contributed by atoms with E-state index in [4.69, 9.17) is 5.73 Å². The molecule has 0 aliphatic carbocycles. The zero-order valence-corrected chi connectivity index (χ0v) is 9.80. The highest BCUT2D eigenvalue weighted by Gasteiger charge is 2.18. The number of nitrogens with two attached hydrogens (primary N) is 1. The molecule has 0 radical (unpaired) electrons. The van der Waals surface area contributed by atoms with Gasteiger partial charge in [0.25, 0.3) is 5.69 Å². The number of nitro benzene ring substituents is 1. The first-order valence-electron chi connectivity index (χ1n) is 5.55. The van der Waals surface area contributed by atoms with Gasteiger partial charge in [-0.2, -0.15) is 0 Å². The fourth-order valence-corrected chi connectivity index (χ4v) is 1.95. The Hall–Kier alpha value is -1.82. The van der Waals surface area contributed by atoms with Crippen LogP contribution in [0, 0.1) is 10.1 Å². The molecule has 17 heavy (non-hydrogen) atoms. The monoisotopic (exact) mass is 236 g/mol. The highest BCUT2D eigenvalue weighted by molar-refractivity contribution is 5.66. The Morgan fingerprint density at radius 1 is 1.29 bits per heavy atom. The van der Waals surface area contributed by atoms with Crippen LogP contribution in [0.25, 0.3) is 0 Å². The lowest BCUT2D eigenvalue weighted by Crippen LogP contribution is -2.44. The molecule has 2 rings (SSSR count). The molecule has 92 valence electrons. The molecule has 1 aliphatic rings. The van der Waals surface area contributed by atoms with Gasteiger partial charge in [0, 0.05) is 37.9 Å². The fraction of sp³-hybridized carbons (Fsp3) is 0.455. The van der Waals surface area contributed by atoms with Gasteiger partial charge >= 0.3 is 0 Å². The standard InChI is InChI=1S/C11H16N4O2/c1-13-4-6-14(7-5-13)9-2-3-10(12)11(8-9)15(16)17/h2-3,8H,4-7,12H2,1H3. The fourth-order valence-electron chi connectivity index (χ4n) is 1.95. The zero-order valence-electron chi connectivity index (χ0n) is 9.80. The van der Waals surface area contributed by atoms with Crippen molar-refractivity contribution in [1.29, 1.82) is 0 Å². The number of nitrogen functional groups attached to an aromatic ring is 1. The Kier molecular flexibility index (Phi) is 3.14. The molecule has 1 saturated heterocycles. The molecule has 6 nitrogen and oxygen atoms in total. The minimum Gasteiger partial charge on any atom is -0.393 e. The predicted octanol–water partition coefficient (Wildman–Crippen LogP) is 0.929. The molecule has 6 heteroatoms. The minimum absolute atomic E-state index is 0.0126. The molecule has 0 bridgehead atoms. The largest absolute Gasteiger partial charge is 0.393 e. The van der Waals surface area contributed by atoms with Crippen molar-refractivity contribution in [2.45, 2.75) is 0 Å². The van der Waals surface area contributed by atoms with Gasteiger partial charge in [0.1, 0.15) is 5.69 Å². The first-order chi connectivity index (χ1) is 8.08. The number of nitro groups is 1. The molecule has 0 aromatic heterocycles. The molecular formula is C11H16N4O2. The second-order valence-electron chi connectivity index (χ2n) is 4.29. The van der Waals surface area contributed by atoms with Crippen LogP contribution in [-0.2, 0) is 0 Å². The van der Waals surface area contributed by atoms with E-state index < -0.39 is 4.92 Å². The van der Waals surface area contributed by atoms with E-state index in [1.54, 1.807) is 12.1 Å². The van der Waals surface area contributed by atoms with E-state index in [1.165, 1.54) is 0 Å². The summed E-state index contributed by atoms with van der Waals surface area (Å²) in [6.07, 6.45) is 0. The third kappa shape index (κ3) is 2.47. The highest BCUT2D eigenvalue weighted by atomic mass is 16.6. The molecule has 0 unspecified atom stereocenters. The van der Waals surface area contributed by atoms with Crippen LogP contribution in [0.15, 0.2) is 18.2 Å². The van der Waals surface area contributed by atoms with E-state index in [-0.39, 0.29) is 11.4 Å². The van der Waals surface area contributed by atoms with Crippen LogP contribution in [0.1, 0.15) is 0 Å². The Morgan fingerprint density at radius 3 is 2.53 bits per heavy atom. The molecule has 0 saturated carbocycles. The third-order valence-corrected chi connectivity index (χ3v) is 3.08. The summed E-state index contributed by atoms with van der Waals surface area (Å²) in [6, 6.07) is 5.00. The van der Waals surface area contributed by atoms with Crippen molar-refractivity contribution in [3.8, 4) is 0 Å². The number of anilines is 2. The quantitative estimate of drug-likeness (QED) is 0.469. The molecule has 0 amide bonds. The summed E-state index contributed by atoms with van der Waals surface area (Å²) in [5.74, 6) is 0. The number of piperazine rings is 1. The topological polar surface area (TPSA) is 75.6 Å². The smallest absolute Gasteiger partial charge is 0.294 e. The third-order valence-electron chi connectivity index (χ3n) is 3.08. The molecular weight excluding hydrogens is 220 g/mol. The average molecular weight is 236 g/mol. The lowest BCUT2D eigenvalue weighted by atomic mass is 10.2. The van der Waals surface area contributed by atoms with Gasteiger partial charge in [-0.3, -0.25) is 10.1 Å². The number of hydrogen-bond acceptors (Lipinski definition) is 5. The summed E-state index contributed by atoms with van der Waals surface area (Å²) in [6.45, 7) is 3.71. The van der Waals surface area contributed by atoms with Gasteiger partial charge in [-0.1, -0.05) is 0 Å². The van der Waals surface area contributed by atoms with Crippen LogP contribution in [0.2, 0.25) is 0 Å². The van der Waals surface area contributed by atoms with Gasteiger partial charge < -0.3 is 15.5 Å². The van der Waals surface area contributed by atoms with Crippen molar-refractivity contribution >= 4 is 17.1 Å². The van der Waals surface area contributed by atoms with E-state index in [2.05, 4.69) is 16.8 Å². The number of hydrogen-bond donors (Lipinski definition) is 1. The summed E-state index contributed by atoms with van der Waals surface area (Å²) in [7, 11) is 2.07. The van der Waals surface area contributed by atoms with Crippen LogP contribution in [0.4, 0.5) is 17.1 Å². The van der Waals surface area contributed by atoms with Crippen molar-refractivity contribution < 1.29 is 4.92 Å². The van der Waals surface area contributed by atoms with E-state index in [0.717, 1.165) is 31.9 Å². The van der Waals surface area contributed by atoms with E-state index in [9.17, 15) is 10.1 Å². The molecule has 2 N–H and O–H groups in total. The van der Waals surface area contributed by atoms with Crippen LogP contribution in [0.5, 0.6) is 0 Å². The van der Waals surface area contributed by atoms with Crippen molar-refractivity contribution in [1.82, 2.24) is 4.90 Å². The van der Waals surface area contributed by atoms with E-state index in [0.29, 0.717) is 0 Å². The summed E-state index contributed by atoms with van der Waals surface area (Å²) in [5, 5.41) is 10.8. The molecule has 0 atom stereocenters. The lowest BCUT2D eigenvalue weighted by Gasteiger charge is -2.33. The van der Waals surface area contributed by atoms with Crippen LogP contribution >= 0.6 is 0 Å². The summed E-state index contributed by atoms with van der Waals surface area (Å²) < 4.78 is 0. The normalized spacial score (nSPS) is 17.1. The van der Waals surface area contributed by atoms with Gasteiger partial charge in [-0.25, -0.2) is 0 Å². The second-order valence-corrected chi connectivity index (χ2v) is 4.29. The average Bonchev–Trinajstić information content (AvgIpc) is 2.30. The number of rotatable bonds is 2. The molecule has 1 aromatic rings. The van der Waals surface area contributed by atoms with Crippen molar-refractivity contribution in [2.75, 3.05) is 43.9 Å². The first kappa shape index (κ1) is 11.7. The number of nitrogens with zero attached hydrogens (tertiary/aromatic N) is 3. The molecule has 1 aromatic carbocycles. The Bertz CT molecular complexity index is 427. The van der Waals surface area contributed by atoms with Gasteiger partial charge in [0.05, 0.1) is 4.92 Å². The molecule has 0 spiro atoms. The van der Waals surface area contributed by atoms with Crippen molar-refractivity contribution in [2.24, 2.45) is 0 Å². The highest BCUT2D eigenvalue weighted by Crippen LogP contribution is 2.27. The zero-order chi connectivity index (χ0) is 12.4. The Morgan fingerprint density at radius 2 is 1.94 bits per heavy atom. The number of likely N-dealkylation sites (N-methyl/N-ethyl adjacent to an activating group) is 1. The Balaban J connectivity index is 2.21. The van der Waals surface area contributed by atoms with E-state index in [1.807, 2.05) is 6.07 Å². The van der Waals surface area contributed by atoms with Gasteiger partial charge in [-0.05, 0) is 19.2 Å². The minimum atomic E-state index is -0.436. The maximum absolute atomic E-state index is 10.8. The van der Waals surface area contributed by atoms with E-state index >= 15 is 0 Å². The molecule has 1 aliphatic heterocycles. The maximum Gasteiger partial charge on any atom is 0.294 e. The van der Waals surface area contributed by atoms with Crippen LogP contribution in [-0.4, -0.2) is 43.0 Å². The van der Waals surface area contributed by atoms with Gasteiger partial charge in [-0.15, -0.1) is 0 Å².